The largest absolute Gasteiger partial charge is 0.464 e. The number of rotatable bonds is 8. The molecule has 7 nitrogen and oxygen atoms in total. The van der Waals surface area contributed by atoms with E-state index < -0.39 is 40.6 Å². The molecule has 10 heteroatoms. The molecular weight excluding hydrogens is 444 g/mol. The third kappa shape index (κ3) is 6.88. The van der Waals surface area contributed by atoms with Crippen molar-refractivity contribution in [2.75, 3.05) is 12.4 Å². The molecule has 0 spiro atoms. The summed E-state index contributed by atoms with van der Waals surface area (Å²) >= 11 is 0.686. The monoisotopic (exact) mass is 465 g/mol. The van der Waals surface area contributed by atoms with Gasteiger partial charge in [0.05, 0.1) is 12.2 Å². The maximum atomic E-state index is 14.2. The average molecular weight is 465 g/mol. The highest BCUT2D eigenvalue weighted by molar-refractivity contribution is 8.14. The molecule has 2 rings (SSSR count). The van der Waals surface area contributed by atoms with Gasteiger partial charge < -0.3 is 14.8 Å². The van der Waals surface area contributed by atoms with Crippen molar-refractivity contribution >= 4 is 34.7 Å². The second-order valence-electron chi connectivity index (χ2n) is 6.53. The summed E-state index contributed by atoms with van der Waals surface area (Å²) in [4.78, 5) is 47.7. The smallest absolute Gasteiger partial charge is 0.329 e. The Labute approximate surface area is 187 Å². The molecule has 0 bridgehead atoms. The third-order valence-corrected chi connectivity index (χ3v) is 5.01. The summed E-state index contributed by atoms with van der Waals surface area (Å²) in [5.41, 5.74) is 0.241. The van der Waals surface area contributed by atoms with Gasteiger partial charge in [-0.15, -0.1) is 0 Å². The Balaban J connectivity index is 2.34. The minimum absolute atomic E-state index is 0.0440. The number of benzene rings is 2. The number of thioether (sulfide) groups is 1. The molecule has 32 heavy (non-hydrogen) atoms. The minimum Gasteiger partial charge on any atom is -0.464 e. The fourth-order valence-corrected chi connectivity index (χ4v) is 3.57. The van der Waals surface area contributed by atoms with Crippen LogP contribution in [0.1, 0.15) is 31.1 Å². The molecule has 1 N–H and O–H groups in total. The van der Waals surface area contributed by atoms with Crippen molar-refractivity contribution in [1.29, 1.82) is 0 Å². The van der Waals surface area contributed by atoms with E-state index in [0.29, 0.717) is 17.8 Å². The number of nitrogens with one attached hydrogen (secondary N) is 1. The summed E-state index contributed by atoms with van der Waals surface area (Å²) in [7, 11) is 0. The van der Waals surface area contributed by atoms with E-state index in [4.69, 9.17) is 9.47 Å². The Morgan fingerprint density at radius 2 is 1.78 bits per heavy atom. The molecule has 0 heterocycles. The van der Waals surface area contributed by atoms with E-state index in [0.717, 1.165) is 13.0 Å². The Hall–Kier alpha value is -3.27. The van der Waals surface area contributed by atoms with Crippen LogP contribution in [0.2, 0.25) is 0 Å². The number of halogens is 2. The zero-order valence-electron chi connectivity index (χ0n) is 17.6. The molecule has 0 aliphatic carbocycles. The molecule has 2 aromatic carbocycles. The van der Waals surface area contributed by atoms with Crippen LogP contribution < -0.4 is 10.1 Å². The second kappa shape index (κ2) is 11.4. The quantitative estimate of drug-likeness (QED) is 0.471. The maximum absolute atomic E-state index is 14.2. The molecule has 1 atom stereocenters. The maximum Gasteiger partial charge on any atom is 0.329 e. The van der Waals surface area contributed by atoms with Crippen LogP contribution in [0.4, 0.5) is 8.78 Å². The first-order valence-electron chi connectivity index (χ1n) is 9.51. The van der Waals surface area contributed by atoms with Crippen LogP contribution in [-0.4, -0.2) is 41.4 Å². The van der Waals surface area contributed by atoms with Crippen LogP contribution in [0.5, 0.6) is 5.75 Å². The molecule has 2 aromatic rings. The van der Waals surface area contributed by atoms with Gasteiger partial charge in [0.2, 0.25) is 11.0 Å². The lowest BCUT2D eigenvalue weighted by Crippen LogP contribution is -2.42. The van der Waals surface area contributed by atoms with Gasteiger partial charge in [-0.05, 0) is 36.8 Å². The molecule has 0 saturated heterocycles. The predicted molar refractivity (Wildman–Crippen MR) is 114 cm³/mol. The molecule has 1 unspecified atom stereocenters. The van der Waals surface area contributed by atoms with Crippen LogP contribution in [0.15, 0.2) is 36.4 Å². The normalized spacial score (nSPS) is 11.4. The van der Waals surface area contributed by atoms with Gasteiger partial charge in [0.15, 0.2) is 0 Å². The van der Waals surface area contributed by atoms with Crippen molar-refractivity contribution in [3.05, 3.63) is 53.6 Å². The highest BCUT2D eigenvalue weighted by atomic mass is 32.2. The zero-order chi connectivity index (χ0) is 23.8. The molecule has 1 amide bonds. The lowest BCUT2D eigenvalue weighted by atomic mass is 10.0. The zero-order valence-corrected chi connectivity index (χ0v) is 18.4. The summed E-state index contributed by atoms with van der Waals surface area (Å²) in [5.74, 6) is -3.65. The first-order chi connectivity index (χ1) is 15.1. The standard InChI is InChI=1S/C22H21F2NO6S/c1-4-30-21(28)19(25-12(2)26)11-32-22(29)17-9-14(5-8-20(17)31-13(3)27)16-7-6-15(23)10-18(16)24/h5-10,19H,4,11H2,1-3H3,(H,25,26). The number of hydrogen-bond donors (Lipinski definition) is 1. The Morgan fingerprint density at radius 3 is 2.38 bits per heavy atom. The number of esters is 2. The van der Waals surface area contributed by atoms with Crippen molar-refractivity contribution < 1.29 is 37.4 Å². The van der Waals surface area contributed by atoms with Gasteiger partial charge in [0, 0.05) is 31.2 Å². The van der Waals surface area contributed by atoms with Gasteiger partial charge in [-0.3, -0.25) is 14.4 Å². The summed E-state index contributed by atoms with van der Waals surface area (Å²) in [6, 6.07) is 5.99. The number of hydrogen-bond acceptors (Lipinski definition) is 7. The van der Waals surface area contributed by atoms with Gasteiger partial charge in [-0.1, -0.05) is 17.8 Å². The van der Waals surface area contributed by atoms with E-state index in [-0.39, 0.29) is 34.8 Å². The van der Waals surface area contributed by atoms with E-state index in [2.05, 4.69) is 5.32 Å². The Morgan fingerprint density at radius 1 is 1.06 bits per heavy atom. The molecule has 0 fully saturated rings. The molecule has 0 aromatic heterocycles. The van der Waals surface area contributed by atoms with Crippen LogP contribution in [0.3, 0.4) is 0 Å². The number of amides is 1. The summed E-state index contributed by atoms with van der Waals surface area (Å²) in [6.45, 7) is 4.07. The summed E-state index contributed by atoms with van der Waals surface area (Å²) in [5, 5.41) is 1.82. The van der Waals surface area contributed by atoms with Crippen LogP contribution in [-0.2, 0) is 19.1 Å². The van der Waals surface area contributed by atoms with Crippen LogP contribution in [0.25, 0.3) is 11.1 Å². The first-order valence-corrected chi connectivity index (χ1v) is 10.5. The van der Waals surface area contributed by atoms with Crippen LogP contribution >= 0.6 is 11.8 Å². The van der Waals surface area contributed by atoms with E-state index in [1.807, 2.05) is 0 Å². The average Bonchev–Trinajstić information content (AvgIpc) is 2.71. The van der Waals surface area contributed by atoms with E-state index in [9.17, 15) is 28.0 Å². The van der Waals surface area contributed by atoms with Gasteiger partial charge >= 0.3 is 11.9 Å². The van der Waals surface area contributed by atoms with Crippen molar-refractivity contribution in [1.82, 2.24) is 5.32 Å². The van der Waals surface area contributed by atoms with Gasteiger partial charge in [0.1, 0.15) is 23.4 Å². The van der Waals surface area contributed by atoms with E-state index >= 15 is 0 Å². The second-order valence-corrected chi connectivity index (χ2v) is 7.53. The summed E-state index contributed by atoms with van der Waals surface area (Å²) in [6.07, 6.45) is 0. The molecule has 0 saturated carbocycles. The first kappa shape index (κ1) is 25.0. The fourth-order valence-electron chi connectivity index (χ4n) is 2.72. The molecule has 0 aliphatic heterocycles. The highest BCUT2D eigenvalue weighted by Crippen LogP contribution is 2.31. The number of ether oxygens (including phenoxy) is 2. The van der Waals surface area contributed by atoms with Crippen molar-refractivity contribution in [3.8, 4) is 16.9 Å². The predicted octanol–water partition coefficient (Wildman–Crippen LogP) is 3.50. The van der Waals surface area contributed by atoms with Crippen molar-refractivity contribution in [2.24, 2.45) is 0 Å². The Kier molecular flexibility index (Phi) is 8.89. The topological polar surface area (TPSA) is 98.8 Å². The SMILES string of the molecule is CCOC(=O)C(CSC(=O)c1cc(-c2ccc(F)cc2F)ccc1OC(C)=O)NC(C)=O. The van der Waals surface area contributed by atoms with Crippen LogP contribution in [0, 0.1) is 11.6 Å². The third-order valence-electron chi connectivity index (χ3n) is 4.03. The highest BCUT2D eigenvalue weighted by Gasteiger charge is 2.24. The molecule has 0 radical (unpaired) electrons. The lowest BCUT2D eigenvalue weighted by molar-refractivity contribution is -0.146. The summed E-state index contributed by atoms with van der Waals surface area (Å²) < 4.78 is 37.4. The van der Waals surface area contributed by atoms with E-state index in [1.54, 1.807) is 6.92 Å². The van der Waals surface area contributed by atoms with Gasteiger partial charge in [-0.25, -0.2) is 13.6 Å². The Bertz CT molecular complexity index is 1040. The van der Waals surface area contributed by atoms with Gasteiger partial charge in [-0.2, -0.15) is 0 Å². The number of carbonyl (C=O) groups excluding carboxylic acids is 4. The minimum atomic E-state index is -1.07. The number of carbonyl (C=O) groups is 4. The van der Waals surface area contributed by atoms with Crippen molar-refractivity contribution in [2.45, 2.75) is 26.8 Å². The molecule has 170 valence electrons. The fraction of sp³-hybridized carbons (Fsp3) is 0.273. The van der Waals surface area contributed by atoms with E-state index in [1.165, 1.54) is 31.2 Å². The lowest BCUT2D eigenvalue weighted by Gasteiger charge is -2.16. The van der Waals surface area contributed by atoms with Crippen molar-refractivity contribution in [3.63, 3.8) is 0 Å². The van der Waals surface area contributed by atoms with Gasteiger partial charge in [0.25, 0.3) is 0 Å². The molecule has 0 aliphatic rings. The molecular formula is C22H21F2NO6S.